The maximum Gasteiger partial charge on any atom is 0.194 e. The van der Waals surface area contributed by atoms with Crippen molar-refractivity contribution in [3.05, 3.63) is 40.4 Å². The lowest BCUT2D eigenvalue weighted by Gasteiger charge is -2.34. The van der Waals surface area contributed by atoms with Gasteiger partial charge in [0.25, 0.3) is 0 Å². The molecule has 116 valence electrons. The number of ether oxygens (including phenoxy) is 1. The molecular weight excluding hydrogens is 298 g/mol. The molecule has 4 rings (SSSR count). The average Bonchev–Trinajstić information content (AvgIpc) is 3.22. The molecule has 7 heteroatoms. The van der Waals surface area contributed by atoms with E-state index in [1.165, 1.54) is 11.4 Å². The second kappa shape index (κ2) is 5.49. The van der Waals surface area contributed by atoms with E-state index in [-0.39, 0.29) is 6.04 Å². The van der Waals surface area contributed by atoms with Crippen LogP contribution in [0.2, 0.25) is 0 Å². The fraction of sp³-hybridized carbons (Fsp3) is 0.467. The van der Waals surface area contributed by atoms with Crippen molar-refractivity contribution in [2.45, 2.75) is 26.4 Å². The molecule has 1 aliphatic rings. The normalized spacial score (nSPS) is 20.0. The molecule has 4 heterocycles. The van der Waals surface area contributed by atoms with Crippen LogP contribution in [-0.2, 0) is 11.3 Å². The van der Waals surface area contributed by atoms with Crippen LogP contribution < -0.4 is 0 Å². The Balaban J connectivity index is 1.68. The van der Waals surface area contributed by atoms with Crippen molar-refractivity contribution in [1.82, 2.24) is 24.5 Å². The third-order valence-corrected chi connectivity index (χ3v) is 5.25. The molecule has 1 atom stereocenters. The number of nitrogens with one attached hydrogen (secondary N) is 1. The molecule has 0 aromatic carbocycles. The van der Waals surface area contributed by atoms with Crippen molar-refractivity contribution in [1.29, 1.82) is 0 Å². The van der Waals surface area contributed by atoms with Gasteiger partial charge in [0.1, 0.15) is 0 Å². The van der Waals surface area contributed by atoms with E-state index >= 15 is 0 Å². The van der Waals surface area contributed by atoms with Crippen molar-refractivity contribution in [2.75, 3.05) is 19.8 Å². The molecular formula is C15H19N5OS. The average molecular weight is 317 g/mol. The molecule has 1 unspecified atom stereocenters. The first-order chi connectivity index (χ1) is 10.7. The Morgan fingerprint density at radius 3 is 3.18 bits per heavy atom. The predicted molar refractivity (Wildman–Crippen MR) is 85.1 cm³/mol. The van der Waals surface area contributed by atoms with Gasteiger partial charge < -0.3 is 4.74 Å². The monoisotopic (exact) mass is 317 g/mol. The zero-order valence-corrected chi connectivity index (χ0v) is 13.6. The van der Waals surface area contributed by atoms with Crippen molar-refractivity contribution in [2.24, 2.45) is 0 Å². The fourth-order valence-electron chi connectivity index (χ4n) is 3.11. The number of imidazole rings is 1. The third kappa shape index (κ3) is 2.25. The van der Waals surface area contributed by atoms with Crippen molar-refractivity contribution in [3.63, 3.8) is 0 Å². The van der Waals surface area contributed by atoms with E-state index in [1.807, 2.05) is 6.07 Å². The predicted octanol–water partition coefficient (Wildman–Crippen LogP) is 2.31. The highest BCUT2D eigenvalue weighted by Crippen LogP contribution is 2.27. The molecule has 0 radical (unpaired) electrons. The Hall–Kier alpha value is -1.70. The van der Waals surface area contributed by atoms with Crippen LogP contribution in [0, 0.1) is 13.8 Å². The number of nitrogens with zero attached hydrogens (tertiary/aromatic N) is 4. The third-order valence-electron chi connectivity index (χ3n) is 4.30. The van der Waals surface area contributed by atoms with Gasteiger partial charge in [-0.25, -0.2) is 4.98 Å². The van der Waals surface area contributed by atoms with Gasteiger partial charge in [-0.15, -0.1) is 11.3 Å². The molecule has 3 aromatic heterocycles. The first kappa shape index (κ1) is 13.9. The highest BCUT2D eigenvalue weighted by atomic mass is 32.1. The van der Waals surface area contributed by atoms with Gasteiger partial charge >= 0.3 is 0 Å². The zero-order chi connectivity index (χ0) is 15.1. The minimum atomic E-state index is 0.222. The number of fused-ring (bicyclic) bond motifs is 1. The molecule has 6 nitrogen and oxygen atoms in total. The molecule has 3 aromatic rings. The summed E-state index contributed by atoms with van der Waals surface area (Å²) in [5.41, 5.74) is 4.76. The summed E-state index contributed by atoms with van der Waals surface area (Å²) in [7, 11) is 0. The fourth-order valence-corrected chi connectivity index (χ4v) is 4.04. The Kier molecular flexibility index (Phi) is 3.48. The lowest BCUT2D eigenvalue weighted by molar-refractivity contribution is -0.0150. The Bertz CT molecular complexity index is 775. The molecule has 0 spiro atoms. The first-order valence-corrected chi connectivity index (χ1v) is 8.35. The first-order valence-electron chi connectivity index (χ1n) is 7.47. The second-order valence-electron chi connectivity index (χ2n) is 5.71. The van der Waals surface area contributed by atoms with Gasteiger partial charge in [0.15, 0.2) is 4.96 Å². The summed E-state index contributed by atoms with van der Waals surface area (Å²) in [6.45, 7) is 7.50. The van der Waals surface area contributed by atoms with E-state index in [4.69, 9.17) is 9.72 Å². The van der Waals surface area contributed by atoms with Gasteiger partial charge in [0, 0.05) is 30.4 Å². The Labute approximate surface area is 132 Å². The number of rotatable bonds is 3. The van der Waals surface area contributed by atoms with E-state index in [0.717, 1.165) is 36.0 Å². The molecule has 22 heavy (non-hydrogen) atoms. The highest BCUT2D eigenvalue weighted by molar-refractivity contribution is 7.15. The number of aromatic nitrogens is 4. The van der Waals surface area contributed by atoms with E-state index in [9.17, 15) is 0 Å². The number of thiazole rings is 1. The molecule has 0 amide bonds. The van der Waals surface area contributed by atoms with Gasteiger partial charge in [0.05, 0.1) is 36.3 Å². The van der Waals surface area contributed by atoms with E-state index < -0.39 is 0 Å². The summed E-state index contributed by atoms with van der Waals surface area (Å²) in [5.74, 6) is 0. The topological polar surface area (TPSA) is 58.4 Å². The summed E-state index contributed by atoms with van der Waals surface area (Å²) in [6, 6.07) is 2.25. The van der Waals surface area contributed by atoms with Crippen molar-refractivity contribution < 1.29 is 4.74 Å². The van der Waals surface area contributed by atoms with E-state index in [2.05, 4.69) is 38.7 Å². The summed E-state index contributed by atoms with van der Waals surface area (Å²) in [5, 5.41) is 9.33. The maximum absolute atomic E-state index is 5.67. The number of hydrogen-bond donors (Lipinski definition) is 1. The van der Waals surface area contributed by atoms with E-state index in [0.29, 0.717) is 6.61 Å². The highest BCUT2D eigenvalue weighted by Gasteiger charge is 2.27. The van der Waals surface area contributed by atoms with E-state index in [1.54, 1.807) is 17.5 Å². The molecule has 1 fully saturated rings. The smallest absolute Gasteiger partial charge is 0.194 e. The molecule has 1 saturated heterocycles. The molecule has 0 saturated carbocycles. The summed E-state index contributed by atoms with van der Waals surface area (Å²) in [6.07, 6.45) is 1.80. The summed E-state index contributed by atoms with van der Waals surface area (Å²) < 4.78 is 7.95. The number of aromatic amines is 1. The zero-order valence-electron chi connectivity index (χ0n) is 12.7. The Morgan fingerprint density at radius 2 is 2.36 bits per heavy atom. The van der Waals surface area contributed by atoms with Crippen molar-refractivity contribution in [3.8, 4) is 0 Å². The van der Waals surface area contributed by atoms with Gasteiger partial charge in [0.2, 0.25) is 0 Å². The van der Waals surface area contributed by atoms with Gasteiger partial charge in [-0.1, -0.05) is 0 Å². The standard InChI is InChI=1S/C15H19N5OS/c1-10-9-22-15-17-11(2)13(20(10)15)7-19-5-6-21-8-14(19)12-3-4-16-18-12/h3-4,9,14H,5-8H2,1-2H3,(H,16,18). The van der Waals surface area contributed by atoms with Gasteiger partial charge in [-0.3, -0.25) is 14.4 Å². The van der Waals surface area contributed by atoms with Crippen LogP contribution in [-0.4, -0.2) is 44.2 Å². The summed E-state index contributed by atoms with van der Waals surface area (Å²) >= 11 is 1.70. The maximum atomic E-state index is 5.67. The van der Waals surface area contributed by atoms with Crippen LogP contribution in [0.15, 0.2) is 17.6 Å². The minimum absolute atomic E-state index is 0.222. The van der Waals surface area contributed by atoms with Crippen LogP contribution in [0.5, 0.6) is 0 Å². The number of morpholine rings is 1. The van der Waals surface area contributed by atoms with Gasteiger partial charge in [-0.2, -0.15) is 5.10 Å². The van der Waals surface area contributed by atoms with Crippen LogP contribution in [0.4, 0.5) is 0 Å². The Morgan fingerprint density at radius 1 is 1.45 bits per heavy atom. The molecule has 1 aliphatic heterocycles. The largest absolute Gasteiger partial charge is 0.378 e. The minimum Gasteiger partial charge on any atom is -0.378 e. The van der Waals surface area contributed by atoms with Crippen LogP contribution in [0.1, 0.15) is 28.8 Å². The quantitative estimate of drug-likeness (QED) is 0.805. The SMILES string of the molecule is Cc1nc2scc(C)n2c1CN1CCOCC1c1ccn[nH]1. The lowest BCUT2D eigenvalue weighted by atomic mass is 10.1. The van der Waals surface area contributed by atoms with Crippen LogP contribution in [0.3, 0.4) is 0 Å². The molecule has 0 aliphatic carbocycles. The second-order valence-corrected chi connectivity index (χ2v) is 6.55. The van der Waals surface area contributed by atoms with Crippen LogP contribution in [0.25, 0.3) is 4.96 Å². The number of aryl methyl sites for hydroxylation is 2. The van der Waals surface area contributed by atoms with Crippen LogP contribution >= 0.6 is 11.3 Å². The molecule has 1 N–H and O–H groups in total. The van der Waals surface area contributed by atoms with Crippen molar-refractivity contribution >= 4 is 16.3 Å². The lowest BCUT2D eigenvalue weighted by Crippen LogP contribution is -2.39. The van der Waals surface area contributed by atoms with Gasteiger partial charge in [-0.05, 0) is 19.9 Å². The molecule has 0 bridgehead atoms. The summed E-state index contributed by atoms with van der Waals surface area (Å²) in [4.78, 5) is 8.22. The number of H-pyrrole nitrogens is 1. The number of hydrogen-bond acceptors (Lipinski definition) is 5.